The Labute approximate surface area is 113 Å². The number of nitrogens with one attached hydrogen (secondary N) is 2. The van der Waals surface area contributed by atoms with E-state index in [0.29, 0.717) is 23.7 Å². The summed E-state index contributed by atoms with van der Waals surface area (Å²) >= 11 is 0. The predicted molar refractivity (Wildman–Crippen MR) is 74.6 cm³/mol. The molecule has 0 spiro atoms. The van der Waals surface area contributed by atoms with E-state index in [-0.39, 0.29) is 12.5 Å². The third-order valence-corrected chi connectivity index (χ3v) is 2.52. The zero-order valence-corrected chi connectivity index (χ0v) is 11.4. The van der Waals surface area contributed by atoms with Crippen LogP contribution in [-0.2, 0) is 4.79 Å². The number of carbonyl (C=O) groups excluding carboxylic acids is 1. The molecule has 0 bridgehead atoms. The summed E-state index contributed by atoms with van der Waals surface area (Å²) in [6.07, 6.45) is 5.09. The molecule has 5 heteroatoms. The fourth-order valence-corrected chi connectivity index (χ4v) is 1.56. The lowest BCUT2D eigenvalue weighted by Crippen LogP contribution is -2.28. The molecule has 0 aliphatic rings. The number of aryl methyl sites for hydroxylation is 1. The second-order valence-corrected chi connectivity index (χ2v) is 3.88. The number of rotatable bonds is 6. The van der Waals surface area contributed by atoms with Crippen LogP contribution in [0.15, 0.2) is 12.1 Å². The van der Waals surface area contributed by atoms with Gasteiger partial charge in [0.15, 0.2) is 11.5 Å². The fourth-order valence-electron chi connectivity index (χ4n) is 1.56. The Hall–Kier alpha value is -2.19. The molecule has 1 aromatic rings. The highest BCUT2D eigenvalue weighted by Gasteiger charge is 2.10. The number of hydrogen-bond donors (Lipinski definition) is 2. The van der Waals surface area contributed by atoms with Crippen LogP contribution in [0.3, 0.4) is 0 Å². The summed E-state index contributed by atoms with van der Waals surface area (Å²) < 4.78 is 10.4. The highest BCUT2D eigenvalue weighted by atomic mass is 16.5. The highest BCUT2D eigenvalue weighted by molar-refractivity contribution is 5.93. The van der Waals surface area contributed by atoms with Crippen molar-refractivity contribution in [1.82, 2.24) is 5.32 Å². The van der Waals surface area contributed by atoms with Crippen LogP contribution >= 0.6 is 0 Å². The third-order valence-electron chi connectivity index (χ3n) is 2.52. The number of anilines is 1. The summed E-state index contributed by atoms with van der Waals surface area (Å²) in [5, 5.41) is 5.61. The lowest BCUT2D eigenvalue weighted by molar-refractivity contribution is -0.115. The maximum atomic E-state index is 11.7. The van der Waals surface area contributed by atoms with E-state index in [9.17, 15) is 4.79 Å². The second-order valence-electron chi connectivity index (χ2n) is 3.88. The van der Waals surface area contributed by atoms with E-state index in [0.717, 1.165) is 5.56 Å². The molecule has 0 fully saturated rings. The topological polar surface area (TPSA) is 59.6 Å². The molecule has 0 saturated carbocycles. The van der Waals surface area contributed by atoms with Crippen molar-refractivity contribution in [2.24, 2.45) is 0 Å². The van der Waals surface area contributed by atoms with Gasteiger partial charge in [-0.15, -0.1) is 6.42 Å². The van der Waals surface area contributed by atoms with Gasteiger partial charge in [-0.3, -0.25) is 10.1 Å². The van der Waals surface area contributed by atoms with Crippen LogP contribution in [-0.4, -0.2) is 33.2 Å². The van der Waals surface area contributed by atoms with Crippen molar-refractivity contribution in [1.29, 1.82) is 0 Å². The largest absolute Gasteiger partial charge is 0.493 e. The number of amides is 1. The van der Waals surface area contributed by atoms with Crippen LogP contribution in [0, 0.1) is 19.3 Å². The lowest BCUT2D eigenvalue weighted by Gasteiger charge is -2.13. The molecule has 102 valence electrons. The molecule has 2 N–H and O–H groups in total. The van der Waals surface area contributed by atoms with Crippen LogP contribution in [0.1, 0.15) is 5.56 Å². The monoisotopic (exact) mass is 262 g/mol. The van der Waals surface area contributed by atoms with E-state index in [4.69, 9.17) is 15.9 Å². The summed E-state index contributed by atoms with van der Waals surface area (Å²) in [6, 6.07) is 3.54. The Morgan fingerprint density at radius 3 is 2.53 bits per heavy atom. The summed E-state index contributed by atoms with van der Waals surface area (Å²) in [6.45, 7) is 2.41. The Morgan fingerprint density at radius 1 is 1.32 bits per heavy atom. The van der Waals surface area contributed by atoms with Crippen LogP contribution in [0.4, 0.5) is 5.69 Å². The molecular formula is C14H18N2O3. The van der Waals surface area contributed by atoms with Crippen molar-refractivity contribution < 1.29 is 14.3 Å². The summed E-state index contributed by atoms with van der Waals surface area (Å²) in [7, 11) is 3.12. The number of methoxy groups -OCH3 is 2. The van der Waals surface area contributed by atoms with Gasteiger partial charge in [0, 0.05) is 11.8 Å². The van der Waals surface area contributed by atoms with Crippen molar-refractivity contribution in [3.63, 3.8) is 0 Å². The molecule has 0 saturated heterocycles. The van der Waals surface area contributed by atoms with Crippen molar-refractivity contribution in [2.75, 3.05) is 32.6 Å². The van der Waals surface area contributed by atoms with Crippen LogP contribution in [0.2, 0.25) is 0 Å². The molecule has 0 atom stereocenters. The van der Waals surface area contributed by atoms with Gasteiger partial charge in [0.2, 0.25) is 5.91 Å². The van der Waals surface area contributed by atoms with E-state index in [2.05, 4.69) is 16.6 Å². The number of carbonyl (C=O) groups is 1. The molecule has 0 aliphatic carbocycles. The van der Waals surface area contributed by atoms with Gasteiger partial charge < -0.3 is 14.8 Å². The molecule has 1 amide bonds. The smallest absolute Gasteiger partial charge is 0.238 e. The molecule has 0 heterocycles. The molecule has 5 nitrogen and oxygen atoms in total. The van der Waals surface area contributed by atoms with E-state index in [1.54, 1.807) is 20.3 Å². The van der Waals surface area contributed by atoms with Gasteiger partial charge in [-0.1, -0.05) is 5.92 Å². The average molecular weight is 262 g/mol. The minimum Gasteiger partial charge on any atom is -0.493 e. The summed E-state index contributed by atoms with van der Waals surface area (Å²) in [5.41, 5.74) is 1.58. The molecule has 1 aromatic carbocycles. The summed E-state index contributed by atoms with van der Waals surface area (Å²) in [4.78, 5) is 11.7. The van der Waals surface area contributed by atoms with Gasteiger partial charge in [-0.25, -0.2) is 0 Å². The Kier molecular flexibility index (Phi) is 5.71. The molecule has 0 unspecified atom stereocenters. The van der Waals surface area contributed by atoms with Crippen molar-refractivity contribution in [2.45, 2.75) is 6.92 Å². The molecule has 19 heavy (non-hydrogen) atoms. The summed E-state index contributed by atoms with van der Waals surface area (Å²) in [5.74, 6) is 3.44. The predicted octanol–water partition coefficient (Wildman–Crippen LogP) is 1.17. The van der Waals surface area contributed by atoms with Gasteiger partial charge in [0.25, 0.3) is 0 Å². The molecule has 0 aromatic heterocycles. The first-order valence-electron chi connectivity index (χ1n) is 5.79. The van der Waals surface area contributed by atoms with Gasteiger partial charge >= 0.3 is 0 Å². The minimum absolute atomic E-state index is 0.162. The quantitative estimate of drug-likeness (QED) is 0.597. The van der Waals surface area contributed by atoms with Gasteiger partial charge in [-0.05, 0) is 18.6 Å². The third kappa shape index (κ3) is 4.19. The molecule has 1 rings (SSSR count). The Bertz CT molecular complexity index is 492. The number of hydrogen-bond acceptors (Lipinski definition) is 4. The van der Waals surface area contributed by atoms with E-state index in [1.807, 2.05) is 13.0 Å². The van der Waals surface area contributed by atoms with Crippen LogP contribution < -0.4 is 20.1 Å². The zero-order chi connectivity index (χ0) is 14.3. The minimum atomic E-state index is -0.162. The first-order chi connectivity index (χ1) is 9.12. The molecule has 0 radical (unpaired) electrons. The van der Waals surface area contributed by atoms with Crippen LogP contribution in [0.25, 0.3) is 0 Å². The zero-order valence-electron chi connectivity index (χ0n) is 11.4. The standard InChI is InChI=1S/C14H18N2O3/c1-5-6-15-9-14(17)16-11-8-13(19-4)12(18-3)7-10(11)2/h1,7-8,15H,6,9H2,2-4H3,(H,16,17). The number of benzene rings is 1. The van der Waals surface area contributed by atoms with E-state index < -0.39 is 0 Å². The van der Waals surface area contributed by atoms with Crippen molar-refractivity contribution in [3.8, 4) is 23.8 Å². The normalized spacial score (nSPS) is 9.58. The van der Waals surface area contributed by atoms with Crippen LogP contribution in [0.5, 0.6) is 11.5 Å². The Balaban J connectivity index is 2.78. The first-order valence-corrected chi connectivity index (χ1v) is 5.79. The molecule has 0 aliphatic heterocycles. The average Bonchev–Trinajstić information content (AvgIpc) is 2.40. The molecular weight excluding hydrogens is 244 g/mol. The first kappa shape index (κ1) is 14.9. The lowest BCUT2D eigenvalue weighted by atomic mass is 10.1. The Morgan fingerprint density at radius 2 is 1.95 bits per heavy atom. The highest BCUT2D eigenvalue weighted by Crippen LogP contribution is 2.32. The maximum Gasteiger partial charge on any atom is 0.238 e. The van der Waals surface area contributed by atoms with Gasteiger partial charge in [0.1, 0.15) is 0 Å². The van der Waals surface area contributed by atoms with Gasteiger partial charge in [0.05, 0.1) is 27.3 Å². The van der Waals surface area contributed by atoms with Gasteiger partial charge in [-0.2, -0.15) is 0 Å². The van der Waals surface area contributed by atoms with E-state index in [1.165, 1.54) is 0 Å². The fraction of sp³-hybridized carbons (Fsp3) is 0.357. The second kappa shape index (κ2) is 7.29. The van der Waals surface area contributed by atoms with E-state index >= 15 is 0 Å². The SMILES string of the molecule is C#CCNCC(=O)Nc1cc(OC)c(OC)cc1C. The number of ether oxygens (including phenoxy) is 2. The maximum absolute atomic E-state index is 11.7. The number of terminal acetylenes is 1. The van der Waals surface area contributed by atoms with Crippen molar-refractivity contribution in [3.05, 3.63) is 17.7 Å². The van der Waals surface area contributed by atoms with Crippen molar-refractivity contribution >= 4 is 11.6 Å².